The first-order valence-electron chi connectivity index (χ1n) is 8.55. The van der Waals surface area contributed by atoms with Gasteiger partial charge in [0.15, 0.2) is 5.96 Å². The van der Waals surface area contributed by atoms with Crippen LogP contribution in [0.5, 0.6) is 5.75 Å². The van der Waals surface area contributed by atoms with E-state index in [1.807, 2.05) is 0 Å². The van der Waals surface area contributed by atoms with Crippen LogP contribution in [0.15, 0.2) is 28.6 Å². The SMILES string of the molecule is CN=C(NCCc1ccc(C)c(OC)c1)NCc1nc(C(C)C)cs1. The summed E-state index contributed by atoms with van der Waals surface area (Å²) in [5, 5.41) is 9.87. The molecule has 136 valence electrons. The largest absolute Gasteiger partial charge is 0.496 e. The molecule has 1 aromatic heterocycles. The van der Waals surface area contributed by atoms with Crippen LogP contribution >= 0.6 is 11.3 Å². The standard InChI is InChI=1S/C19H28N4OS/c1-13(2)16-12-25-18(23-16)11-22-19(20-4)21-9-8-15-7-6-14(3)17(10-15)24-5/h6-7,10,12-13H,8-9,11H2,1-5H3,(H2,20,21,22). The number of aryl methyl sites for hydroxylation is 1. The highest BCUT2D eigenvalue weighted by molar-refractivity contribution is 7.09. The number of aromatic nitrogens is 1. The van der Waals surface area contributed by atoms with Gasteiger partial charge in [0.25, 0.3) is 0 Å². The molecule has 1 aromatic carbocycles. The minimum atomic E-state index is 0.467. The van der Waals surface area contributed by atoms with Crippen LogP contribution in [0.4, 0.5) is 0 Å². The smallest absolute Gasteiger partial charge is 0.191 e. The van der Waals surface area contributed by atoms with Crippen LogP contribution in [0.25, 0.3) is 0 Å². The number of ether oxygens (including phenoxy) is 1. The molecule has 1 heterocycles. The number of rotatable bonds is 7. The molecule has 2 aromatic rings. The number of nitrogens with one attached hydrogen (secondary N) is 2. The Labute approximate surface area is 154 Å². The summed E-state index contributed by atoms with van der Waals surface area (Å²) < 4.78 is 5.38. The third-order valence-electron chi connectivity index (χ3n) is 3.97. The molecule has 2 rings (SSSR count). The maximum absolute atomic E-state index is 5.38. The number of aliphatic imine (C=N–C) groups is 1. The molecule has 0 saturated carbocycles. The summed E-state index contributed by atoms with van der Waals surface area (Å²) in [5.74, 6) is 2.19. The van der Waals surface area contributed by atoms with E-state index >= 15 is 0 Å². The van der Waals surface area contributed by atoms with Crippen LogP contribution in [-0.2, 0) is 13.0 Å². The van der Waals surface area contributed by atoms with Crippen molar-refractivity contribution in [3.63, 3.8) is 0 Å². The van der Waals surface area contributed by atoms with Crippen molar-refractivity contribution in [2.45, 2.75) is 39.7 Å². The second-order valence-corrected chi connectivity index (χ2v) is 7.17. The monoisotopic (exact) mass is 360 g/mol. The van der Waals surface area contributed by atoms with Gasteiger partial charge in [0.2, 0.25) is 0 Å². The van der Waals surface area contributed by atoms with Gasteiger partial charge in [-0.15, -0.1) is 11.3 Å². The maximum Gasteiger partial charge on any atom is 0.191 e. The lowest BCUT2D eigenvalue weighted by Gasteiger charge is -2.12. The first-order chi connectivity index (χ1) is 12.0. The van der Waals surface area contributed by atoms with Gasteiger partial charge < -0.3 is 15.4 Å². The van der Waals surface area contributed by atoms with E-state index in [-0.39, 0.29) is 0 Å². The Morgan fingerprint density at radius 2 is 2.12 bits per heavy atom. The van der Waals surface area contributed by atoms with Gasteiger partial charge in [-0.2, -0.15) is 0 Å². The minimum Gasteiger partial charge on any atom is -0.496 e. The number of methoxy groups -OCH3 is 1. The van der Waals surface area contributed by atoms with E-state index in [1.165, 1.54) is 5.56 Å². The molecule has 2 N–H and O–H groups in total. The van der Waals surface area contributed by atoms with E-state index in [2.05, 4.69) is 65.0 Å². The van der Waals surface area contributed by atoms with E-state index in [9.17, 15) is 0 Å². The second-order valence-electron chi connectivity index (χ2n) is 6.23. The predicted molar refractivity (Wildman–Crippen MR) is 106 cm³/mol. The molecule has 0 aliphatic heterocycles. The van der Waals surface area contributed by atoms with Crippen LogP contribution in [0.1, 0.15) is 41.6 Å². The van der Waals surface area contributed by atoms with Gasteiger partial charge in [-0.1, -0.05) is 26.0 Å². The first kappa shape index (κ1) is 19.2. The third-order valence-corrected chi connectivity index (χ3v) is 4.84. The topological polar surface area (TPSA) is 58.5 Å². The Kier molecular flexibility index (Phi) is 7.25. The molecule has 0 aliphatic rings. The molecule has 5 nitrogen and oxygen atoms in total. The Bertz CT molecular complexity index is 709. The number of nitrogens with zero attached hydrogens (tertiary/aromatic N) is 2. The van der Waals surface area contributed by atoms with E-state index in [0.717, 1.165) is 40.9 Å². The minimum absolute atomic E-state index is 0.467. The molecule has 0 unspecified atom stereocenters. The van der Waals surface area contributed by atoms with Gasteiger partial charge in [0.1, 0.15) is 10.8 Å². The molecule has 0 fully saturated rings. The normalized spacial score (nSPS) is 11.7. The van der Waals surface area contributed by atoms with Crippen molar-refractivity contribution in [3.8, 4) is 5.75 Å². The molecule has 0 spiro atoms. The van der Waals surface area contributed by atoms with Crippen LogP contribution < -0.4 is 15.4 Å². The molecule has 0 saturated heterocycles. The number of guanidine groups is 1. The summed E-state index contributed by atoms with van der Waals surface area (Å²) in [5.41, 5.74) is 3.55. The van der Waals surface area contributed by atoms with E-state index in [4.69, 9.17) is 4.74 Å². The Hall–Kier alpha value is -2.08. The van der Waals surface area contributed by atoms with Gasteiger partial charge in [0, 0.05) is 19.0 Å². The summed E-state index contributed by atoms with van der Waals surface area (Å²) in [6.07, 6.45) is 0.909. The molecule has 6 heteroatoms. The summed E-state index contributed by atoms with van der Waals surface area (Å²) in [4.78, 5) is 8.90. The number of hydrogen-bond acceptors (Lipinski definition) is 4. The van der Waals surface area contributed by atoms with Crippen molar-refractivity contribution < 1.29 is 4.74 Å². The highest BCUT2D eigenvalue weighted by Gasteiger charge is 2.06. The quantitative estimate of drug-likeness (QED) is 0.586. The molecular weight excluding hydrogens is 332 g/mol. The van der Waals surface area contributed by atoms with Crippen molar-refractivity contribution in [2.75, 3.05) is 20.7 Å². The fourth-order valence-electron chi connectivity index (χ4n) is 2.40. The van der Waals surface area contributed by atoms with Crippen LogP contribution in [0.2, 0.25) is 0 Å². The lowest BCUT2D eigenvalue weighted by molar-refractivity contribution is 0.411. The van der Waals surface area contributed by atoms with Crippen molar-refractivity contribution in [1.29, 1.82) is 0 Å². The zero-order valence-corrected chi connectivity index (χ0v) is 16.5. The van der Waals surface area contributed by atoms with Gasteiger partial charge in [-0.05, 0) is 36.5 Å². The third kappa shape index (κ3) is 5.74. The van der Waals surface area contributed by atoms with E-state index in [1.54, 1.807) is 25.5 Å². The summed E-state index contributed by atoms with van der Waals surface area (Å²) in [7, 11) is 3.49. The van der Waals surface area contributed by atoms with Crippen LogP contribution in [0, 0.1) is 6.92 Å². The zero-order chi connectivity index (χ0) is 18.2. The molecule has 0 radical (unpaired) electrons. The predicted octanol–water partition coefficient (Wildman–Crippen LogP) is 3.49. The average Bonchev–Trinajstić information content (AvgIpc) is 3.08. The molecule has 0 amide bonds. The van der Waals surface area contributed by atoms with Crippen molar-refractivity contribution in [3.05, 3.63) is 45.4 Å². The lowest BCUT2D eigenvalue weighted by Crippen LogP contribution is -2.37. The van der Waals surface area contributed by atoms with E-state index in [0.29, 0.717) is 12.5 Å². The highest BCUT2D eigenvalue weighted by Crippen LogP contribution is 2.19. The molecule has 25 heavy (non-hydrogen) atoms. The average molecular weight is 361 g/mol. The summed E-state index contributed by atoms with van der Waals surface area (Å²) >= 11 is 1.69. The molecular formula is C19H28N4OS. The Balaban J connectivity index is 1.80. The maximum atomic E-state index is 5.38. The first-order valence-corrected chi connectivity index (χ1v) is 9.43. The Morgan fingerprint density at radius 3 is 2.76 bits per heavy atom. The number of thiazole rings is 1. The molecule has 0 atom stereocenters. The summed E-state index contributed by atoms with van der Waals surface area (Å²) in [6.45, 7) is 7.87. The van der Waals surface area contributed by atoms with Crippen molar-refractivity contribution in [2.24, 2.45) is 4.99 Å². The molecule has 0 bridgehead atoms. The van der Waals surface area contributed by atoms with Gasteiger partial charge in [-0.25, -0.2) is 4.98 Å². The number of benzene rings is 1. The van der Waals surface area contributed by atoms with Gasteiger partial charge >= 0.3 is 0 Å². The zero-order valence-electron chi connectivity index (χ0n) is 15.7. The van der Waals surface area contributed by atoms with Crippen LogP contribution in [-0.4, -0.2) is 31.6 Å². The fourth-order valence-corrected chi connectivity index (χ4v) is 3.29. The van der Waals surface area contributed by atoms with Gasteiger partial charge in [0.05, 0.1) is 19.3 Å². The second kappa shape index (κ2) is 9.42. The van der Waals surface area contributed by atoms with Crippen molar-refractivity contribution >= 4 is 17.3 Å². The molecule has 0 aliphatic carbocycles. The fraction of sp³-hybridized carbons (Fsp3) is 0.474. The van der Waals surface area contributed by atoms with Gasteiger partial charge in [-0.3, -0.25) is 4.99 Å². The van der Waals surface area contributed by atoms with Crippen molar-refractivity contribution in [1.82, 2.24) is 15.6 Å². The highest BCUT2D eigenvalue weighted by atomic mass is 32.1. The van der Waals surface area contributed by atoms with Crippen LogP contribution in [0.3, 0.4) is 0 Å². The summed E-state index contributed by atoms with van der Waals surface area (Å²) in [6, 6.07) is 6.32. The Morgan fingerprint density at radius 1 is 1.32 bits per heavy atom. The number of hydrogen-bond donors (Lipinski definition) is 2. The lowest BCUT2D eigenvalue weighted by atomic mass is 10.1. The van der Waals surface area contributed by atoms with E-state index < -0.39 is 0 Å².